The molecule has 0 saturated carbocycles. The van der Waals surface area contributed by atoms with Gasteiger partial charge < -0.3 is 11.1 Å². The van der Waals surface area contributed by atoms with E-state index in [1.165, 1.54) is 5.56 Å². The molecule has 0 radical (unpaired) electrons. The van der Waals surface area contributed by atoms with Crippen LogP contribution in [-0.2, 0) is 5.54 Å². The van der Waals surface area contributed by atoms with Gasteiger partial charge in [0.1, 0.15) is 5.82 Å². The lowest BCUT2D eigenvalue weighted by atomic mass is 9.92. The summed E-state index contributed by atoms with van der Waals surface area (Å²) < 4.78 is 0. The normalized spacial score (nSPS) is 13.9. The fourth-order valence-corrected chi connectivity index (χ4v) is 1.93. The number of benzene rings is 1. The van der Waals surface area contributed by atoms with Gasteiger partial charge in [0.25, 0.3) is 0 Å². The highest BCUT2D eigenvalue weighted by atomic mass is 15.1. The van der Waals surface area contributed by atoms with E-state index in [0.717, 1.165) is 11.4 Å². The van der Waals surface area contributed by atoms with E-state index in [1.807, 2.05) is 30.3 Å². The molecule has 1 atom stereocenters. The third kappa shape index (κ3) is 2.68. The summed E-state index contributed by atoms with van der Waals surface area (Å²) in [7, 11) is 0. The molecule has 1 heterocycles. The lowest BCUT2D eigenvalue weighted by Crippen LogP contribution is -2.39. The topological polar surface area (TPSA) is 50.9 Å². The number of pyridine rings is 1. The maximum Gasteiger partial charge on any atom is 0.126 e. The summed E-state index contributed by atoms with van der Waals surface area (Å²) in [5.41, 5.74) is 7.97. The molecule has 1 aromatic heterocycles. The van der Waals surface area contributed by atoms with Gasteiger partial charge in [-0.3, -0.25) is 0 Å². The van der Waals surface area contributed by atoms with Crippen LogP contribution in [0.4, 0.5) is 5.82 Å². The molecule has 1 aromatic carbocycles. The molecule has 0 spiro atoms. The average molecular weight is 241 g/mol. The maximum atomic E-state index is 5.93. The van der Waals surface area contributed by atoms with Crippen molar-refractivity contribution in [2.75, 3.05) is 11.9 Å². The van der Waals surface area contributed by atoms with Crippen molar-refractivity contribution < 1.29 is 0 Å². The molecule has 0 aliphatic rings. The first-order valence-electron chi connectivity index (χ1n) is 6.10. The number of hydrogen-bond acceptors (Lipinski definition) is 3. The Morgan fingerprint density at radius 1 is 1.22 bits per heavy atom. The summed E-state index contributed by atoms with van der Waals surface area (Å²) in [4.78, 5) is 4.33. The van der Waals surface area contributed by atoms with Gasteiger partial charge in [0.15, 0.2) is 0 Å². The van der Waals surface area contributed by atoms with E-state index in [2.05, 4.69) is 36.3 Å². The third-order valence-corrected chi connectivity index (χ3v) is 3.14. The molecule has 18 heavy (non-hydrogen) atoms. The third-order valence-electron chi connectivity index (χ3n) is 3.14. The highest BCUT2D eigenvalue weighted by molar-refractivity contribution is 5.43. The van der Waals surface area contributed by atoms with Crippen LogP contribution in [0.1, 0.15) is 18.1 Å². The zero-order valence-electron chi connectivity index (χ0n) is 10.9. The van der Waals surface area contributed by atoms with E-state index in [4.69, 9.17) is 5.73 Å². The molecule has 94 valence electrons. The fraction of sp³-hybridized carbons (Fsp3) is 0.267. The van der Waals surface area contributed by atoms with Gasteiger partial charge in [0, 0.05) is 12.7 Å². The standard InChI is InChI=1S/C15H19N3/c1-12-8-9-17-14(10-12)18-15(2,11-16)13-6-4-3-5-7-13/h3-10H,11,16H2,1-2H3,(H,17,18). The molecule has 3 heteroatoms. The van der Waals surface area contributed by atoms with Crippen molar-refractivity contribution in [2.45, 2.75) is 19.4 Å². The van der Waals surface area contributed by atoms with E-state index in [9.17, 15) is 0 Å². The van der Waals surface area contributed by atoms with Gasteiger partial charge in [-0.05, 0) is 37.1 Å². The van der Waals surface area contributed by atoms with E-state index in [-0.39, 0.29) is 5.54 Å². The van der Waals surface area contributed by atoms with Gasteiger partial charge in [0.05, 0.1) is 5.54 Å². The van der Waals surface area contributed by atoms with Crippen LogP contribution in [0.2, 0.25) is 0 Å². The number of nitrogens with one attached hydrogen (secondary N) is 1. The van der Waals surface area contributed by atoms with E-state index in [1.54, 1.807) is 6.20 Å². The summed E-state index contributed by atoms with van der Waals surface area (Å²) >= 11 is 0. The smallest absolute Gasteiger partial charge is 0.126 e. The molecule has 0 fully saturated rings. The second-order valence-corrected chi connectivity index (χ2v) is 4.75. The first-order valence-corrected chi connectivity index (χ1v) is 6.10. The van der Waals surface area contributed by atoms with Crippen molar-refractivity contribution in [3.63, 3.8) is 0 Å². The first-order chi connectivity index (χ1) is 8.64. The van der Waals surface area contributed by atoms with Crippen LogP contribution in [-0.4, -0.2) is 11.5 Å². The molecule has 3 nitrogen and oxygen atoms in total. The monoisotopic (exact) mass is 241 g/mol. The molecule has 0 saturated heterocycles. The number of aromatic nitrogens is 1. The Labute approximate surface area is 108 Å². The quantitative estimate of drug-likeness (QED) is 0.865. The molecule has 1 unspecified atom stereocenters. The van der Waals surface area contributed by atoms with E-state index < -0.39 is 0 Å². The Morgan fingerprint density at radius 2 is 1.94 bits per heavy atom. The molecular weight excluding hydrogens is 222 g/mol. The number of hydrogen-bond donors (Lipinski definition) is 2. The van der Waals surface area contributed by atoms with Crippen molar-refractivity contribution in [3.8, 4) is 0 Å². The predicted octanol–water partition coefficient (Wildman–Crippen LogP) is 2.68. The van der Waals surface area contributed by atoms with Crippen molar-refractivity contribution in [2.24, 2.45) is 5.73 Å². The molecular formula is C15H19N3. The van der Waals surface area contributed by atoms with Crippen molar-refractivity contribution in [3.05, 3.63) is 59.8 Å². The zero-order chi connectivity index (χ0) is 13.0. The highest BCUT2D eigenvalue weighted by Crippen LogP contribution is 2.24. The lowest BCUT2D eigenvalue weighted by molar-refractivity contribution is 0.554. The summed E-state index contributed by atoms with van der Waals surface area (Å²) in [5.74, 6) is 0.854. The summed E-state index contributed by atoms with van der Waals surface area (Å²) in [6.07, 6.45) is 1.81. The fourth-order valence-electron chi connectivity index (χ4n) is 1.93. The SMILES string of the molecule is Cc1ccnc(NC(C)(CN)c2ccccc2)c1. The van der Waals surface area contributed by atoms with Gasteiger partial charge in [-0.2, -0.15) is 0 Å². The second-order valence-electron chi connectivity index (χ2n) is 4.75. The van der Waals surface area contributed by atoms with Crippen LogP contribution in [0.15, 0.2) is 48.7 Å². The Bertz CT molecular complexity index is 510. The molecule has 2 aromatic rings. The summed E-state index contributed by atoms with van der Waals surface area (Å²) in [5, 5.41) is 3.43. The summed E-state index contributed by atoms with van der Waals surface area (Å²) in [6, 6.07) is 14.2. The van der Waals surface area contributed by atoms with Crippen molar-refractivity contribution >= 4 is 5.82 Å². The van der Waals surface area contributed by atoms with Crippen LogP contribution < -0.4 is 11.1 Å². The summed E-state index contributed by atoms with van der Waals surface area (Å²) in [6.45, 7) is 4.65. The van der Waals surface area contributed by atoms with Crippen LogP contribution in [0.5, 0.6) is 0 Å². The molecule has 0 amide bonds. The van der Waals surface area contributed by atoms with Gasteiger partial charge >= 0.3 is 0 Å². The van der Waals surface area contributed by atoms with Gasteiger partial charge in [-0.25, -0.2) is 4.98 Å². The largest absolute Gasteiger partial charge is 0.360 e. The van der Waals surface area contributed by atoms with Gasteiger partial charge in [0.2, 0.25) is 0 Å². The zero-order valence-corrected chi connectivity index (χ0v) is 10.9. The molecule has 0 aliphatic heterocycles. The minimum Gasteiger partial charge on any atom is -0.360 e. The number of nitrogens with two attached hydrogens (primary N) is 1. The average Bonchev–Trinajstić information content (AvgIpc) is 2.39. The lowest BCUT2D eigenvalue weighted by Gasteiger charge is -2.30. The van der Waals surface area contributed by atoms with Crippen molar-refractivity contribution in [1.82, 2.24) is 4.98 Å². The first kappa shape index (κ1) is 12.6. The second kappa shape index (κ2) is 5.19. The number of nitrogens with zero attached hydrogens (tertiary/aromatic N) is 1. The minimum absolute atomic E-state index is 0.304. The Kier molecular flexibility index (Phi) is 3.63. The predicted molar refractivity (Wildman–Crippen MR) is 75.4 cm³/mol. The van der Waals surface area contributed by atoms with Crippen molar-refractivity contribution in [1.29, 1.82) is 0 Å². The Hall–Kier alpha value is -1.87. The van der Waals surface area contributed by atoms with Gasteiger partial charge in [-0.15, -0.1) is 0 Å². The van der Waals surface area contributed by atoms with Crippen LogP contribution >= 0.6 is 0 Å². The molecule has 0 bridgehead atoms. The van der Waals surface area contributed by atoms with Crippen LogP contribution in [0, 0.1) is 6.92 Å². The maximum absolute atomic E-state index is 5.93. The number of aryl methyl sites for hydroxylation is 1. The Morgan fingerprint density at radius 3 is 2.56 bits per heavy atom. The Balaban J connectivity index is 2.29. The van der Waals surface area contributed by atoms with Crippen LogP contribution in [0.25, 0.3) is 0 Å². The number of rotatable bonds is 4. The molecule has 0 aliphatic carbocycles. The van der Waals surface area contributed by atoms with E-state index >= 15 is 0 Å². The minimum atomic E-state index is -0.304. The van der Waals surface area contributed by atoms with Crippen LogP contribution in [0.3, 0.4) is 0 Å². The highest BCUT2D eigenvalue weighted by Gasteiger charge is 2.24. The number of anilines is 1. The molecule has 3 N–H and O–H groups in total. The van der Waals surface area contributed by atoms with Gasteiger partial charge in [-0.1, -0.05) is 30.3 Å². The van der Waals surface area contributed by atoms with E-state index in [0.29, 0.717) is 6.54 Å². The molecule has 2 rings (SSSR count).